The van der Waals surface area contributed by atoms with Gasteiger partial charge in [0.1, 0.15) is 5.60 Å². The van der Waals surface area contributed by atoms with Crippen LogP contribution in [0.5, 0.6) is 0 Å². The minimum atomic E-state index is -0.969. The Hall–Kier alpha value is -2.55. The molecule has 1 aliphatic rings. The van der Waals surface area contributed by atoms with Crippen molar-refractivity contribution >= 4 is 34.7 Å². The molecule has 1 aliphatic heterocycles. The first-order chi connectivity index (χ1) is 13.7. The summed E-state index contributed by atoms with van der Waals surface area (Å²) in [6, 6.07) is 6.89. The van der Waals surface area contributed by atoms with Crippen LogP contribution in [0.1, 0.15) is 39.7 Å². The number of aliphatic carboxylic acids is 1. The summed E-state index contributed by atoms with van der Waals surface area (Å²) in [4.78, 5) is 42.7. The zero-order valence-electron chi connectivity index (χ0n) is 16.8. The van der Waals surface area contributed by atoms with E-state index in [-0.39, 0.29) is 23.4 Å². The third-order valence-corrected chi connectivity index (χ3v) is 5.52. The molecule has 0 radical (unpaired) electrons. The zero-order chi connectivity index (χ0) is 21.2. The van der Waals surface area contributed by atoms with Gasteiger partial charge in [-0.1, -0.05) is 23.9 Å². The number of hydrogen-bond acceptors (Lipinski definition) is 6. The molecule has 0 spiro atoms. The molecular weight excluding hydrogens is 394 g/mol. The first-order valence-electron chi connectivity index (χ1n) is 9.49. The van der Waals surface area contributed by atoms with Crippen molar-refractivity contribution in [2.24, 2.45) is 0 Å². The Kier molecular flexibility index (Phi) is 6.16. The lowest BCUT2D eigenvalue weighted by molar-refractivity contribution is -0.133. The molecule has 0 aliphatic carbocycles. The molecule has 1 fully saturated rings. The molecule has 2 aromatic rings. The maximum atomic E-state index is 13.2. The summed E-state index contributed by atoms with van der Waals surface area (Å²) in [5.41, 5.74) is -0.194. The lowest BCUT2D eigenvalue weighted by Gasteiger charge is -2.34. The summed E-state index contributed by atoms with van der Waals surface area (Å²) in [7, 11) is 0. The van der Waals surface area contributed by atoms with Crippen LogP contribution in [0.4, 0.5) is 4.79 Å². The molecule has 1 N–H and O–H groups in total. The molecule has 3 rings (SSSR count). The van der Waals surface area contributed by atoms with E-state index in [1.165, 1.54) is 0 Å². The van der Waals surface area contributed by atoms with Crippen molar-refractivity contribution in [1.29, 1.82) is 0 Å². The third-order valence-electron chi connectivity index (χ3n) is 4.58. The van der Waals surface area contributed by atoms with Gasteiger partial charge in [-0.3, -0.25) is 14.2 Å². The second-order valence-corrected chi connectivity index (χ2v) is 8.91. The lowest BCUT2D eigenvalue weighted by atomic mass is 10.0. The highest BCUT2D eigenvalue weighted by atomic mass is 32.2. The van der Waals surface area contributed by atoms with Crippen LogP contribution in [-0.4, -0.2) is 56.1 Å². The summed E-state index contributed by atoms with van der Waals surface area (Å²) in [5.74, 6) is -1.15. The van der Waals surface area contributed by atoms with Crippen molar-refractivity contribution in [1.82, 2.24) is 14.5 Å². The van der Waals surface area contributed by atoms with Crippen molar-refractivity contribution in [3.8, 4) is 0 Å². The van der Waals surface area contributed by atoms with Gasteiger partial charge in [0.2, 0.25) is 0 Å². The van der Waals surface area contributed by atoms with Crippen LogP contribution >= 0.6 is 11.8 Å². The van der Waals surface area contributed by atoms with Gasteiger partial charge < -0.3 is 14.7 Å². The number of piperidine rings is 1. The highest BCUT2D eigenvalue weighted by Gasteiger charge is 2.29. The Morgan fingerprint density at radius 1 is 1.24 bits per heavy atom. The number of rotatable bonds is 4. The molecule has 156 valence electrons. The summed E-state index contributed by atoms with van der Waals surface area (Å²) < 4.78 is 7.02. The van der Waals surface area contributed by atoms with Crippen LogP contribution in [0.15, 0.2) is 34.2 Å². The number of carbonyl (C=O) groups is 2. The SMILES string of the molecule is CC(C)(C)OC(=O)N1CCC(n2c(SCC(=O)O)nc3ccccc3c2=O)CC1. The number of thioether (sulfide) groups is 1. The number of benzene rings is 1. The van der Waals surface area contributed by atoms with Crippen LogP contribution in [0.3, 0.4) is 0 Å². The summed E-state index contributed by atoms with van der Waals surface area (Å²) in [6.45, 7) is 6.39. The number of hydrogen-bond donors (Lipinski definition) is 1. The second kappa shape index (κ2) is 8.44. The van der Waals surface area contributed by atoms with E-state index in [0.717, 1.165) is 11.8 Å². The average Bonchev–Trinajstić information content (AvgIpc) is 2.65. The fraction of sp³-hybridized carbons (Fsp3) is 0.500. The molecule has 9 heteroatoms. The molecule has 0 atom stereocenters. The molecule has 1 amide bonds. The number of likely N-dealkylation sites (tertiary alicyclic amines) is 1. The molecule has 1 saturated heterocycles. The van der Waals surface area contributed by atoms with E-state index in [4.69, 9.17) is 9.84 Å². The Bertz CT molecular complexity index is 974. The number of para-hydroxylation sites is 1. The lowest BCUT2D eigenvalue weighted by Crippen LogP contribution is -2.43. The molecule has 2 heterocycles. The van der Waals surface area contributed by atoms with Crippen LogP contribution in [-0.2, 0) is 9.53 Å². The van der Waals surface area contributed by atoms with Gasteiger partial charge in [-0.25, -0.2) is 9.78 Å². The number of carboxylic acids is 1. The van der Waals surface area contributed by atoms with Crippen LogP contribution in [0.2, 0.25) is 0 Å². The van der Waals surface area contributed by atoms with E-state index in [1.54, 1.807) is 33.7 Å². The van der Waals surface area contributed by atoms with Gasteiger partial charge in [-0.2, -0.15) is 0 Å². The molecule has 0 bridgehead atoms. The van der Waals surface area contributed by atoms with Crippen molar-refractivity contribution in [3.63, 3.8) is 0 Å². The Labute approximate surface area is 172 Å². The number of amides is 1. The smallest absolute Gasteiger partial charge is 0.410 e. The Balaban J connectivity index is 1.86. The van der Waals surface area contributed by atoms with Gasteiger partial charge in [-0.05, 0) is 45.7 Å². The highest BCUT2D eigenvalue weighted by molar-refractivity contribution is 7.99. The maximum absolute atomic E-state index is 13.2. The molecule has 0 saturated carbocycles. The van der Waals surface area contributed by atoms with Crippen LogP contribution < -0.4 is 5.56 Å². The van der Waals surface area contributed by atoms with E-state index in [1.807, 2.05) is 20.8 Å². The number of ether oxygens (including phenoxy) is 1. The van der Waals surface area contributed by atoms with Gasteiger partial charge in [0, 0.05) is 19.1 Å². The van der Waals surface area contributed by atoms with E-state index in [9.17, 15) is 14.4 Å². The fourth-order valence-corrected chi connectivity index (χ4v) is 4.10. The molecule has 1 aromatic carbocycles. The Morgan fingerprint density at radius 2 is 1.90 bits per heavy atom. The normalized spacial score (nSPS) is 15.5. The summed E-state index contributed by atoms with van der Waals surface area (Å²) >= 11 is 1.04. The van der Waals surface area contributed by atoms with E-state index >= 15 is 0 Å². The maximum Gasteiger partial charge on any atom is 0.410 e. The highest BCUT2D eigenvalue weighted by Crippen LogP contribution is 2.28. The fourth-order valence-electron chi connectivity index (χ4n) is 3.31. The monoisotopic (exact) mass is 419 g/mol. The number of nitrogens with zero attached hydrogens (tertiary/aromatic N) is 3. The van der Waals surface area contributed by atoms with Crippen LogP contribution in [0, 0.1) is 0 Å². The van der Waals surface area contributed by atoms with Gasteiger partial charge in [0.15, 0.2) is 5.16 Å². The first-order valence-corrected chi connectivity index (χ1v) is 10.5. The molecule has 1 aromatic heterocycles. The quantitative estimate of drug-likeness (QED) is 0.600. The predicted molar refractivity (Wildman–Crippen MR) is 110 cm³/mol. The van der Waals surface area contributed by atoms with Gasteiger partial charge >= 0.3 is 12.1 Å². The average molecular weight is 420 g/mol. The van der Waals surface area contributed by atoms with E-state index in [2.05, 4.69) is 4.98 Å². The van der Waals surface area contributed by atoms with Gasteiger partial charge in [0.25, 0.3) is 5.56 Å². The van der Waals surface area contributed by atoms with Crippen molar-refractivity contribution in [3.05, 3.63) is 34.6 Å². The molecule has 0 unspecified atom stereocenters. The number of fused-ring (bicyclic) bond motifs is 1. The van der Waals surface area contributed by atoms with Crippen molar-refractivity contribution < 1.29 is 19.4 Å². The first kappa shape index (κ1) is 21.2. The summed E-state index contributed by atoms with van der Waals surface area (Å²) in [5, 5.41) is 9.95. The molecule has 29 heavy (non-hydrogen) atoms. The largest absolute Gasteiger partial charge is 0.481 e. The van der Waals surface area contributed by atoms with Crippen molar-refractivity contribution in [2.75, 3.05) is 18.8 Å². The van der Waals surface area contributed by atoms with E-state index < -0.39 is 11.6 Å². The van der Waals surface area contributed by atoms with E-state index in [0.29, 0.717) is 42.0 Å². The minimum absolute atomic E-state index is 0.158. The number of aromatic nitrogens is 2. The van der Waals surface area contributed by atoms with Gasteiger partial charge in [-0.15, -0.1) is 0 Å². The molecular formula is C20H25N3O5S. The topological polar surface area (TPSA) is 102 Å². The van der Waals surface area contributed by atoms with Crippen LogP contribution in [0.25, 0.3) is 10.9 Å². The zero-order valence-corrected chi connectivity index (χ0v) is 17.6. The minimum Gasteiger partial charge on any atom is -0.481 e. The Morgan fingerprint density at radius 3 is 2.52 bits per heavy atom. The van der Waals surface area contributed by atoms with Crippen molar-refractivity contribution in [2.45, 2.75) is 50.4 Å². The van der Waals surface area contributed by atoms with Gasteiger partial charge in [0.05, 0.1) is 16.7 Å². The second-order valence-electron chi connectivity index (χ2n) is 7.97. The number of carboxylic acid groups (broad SMARTS) is 1. The predicted octanol–water partition coefficient (Wildman–Crippen LogP) is 3.15. The summed E-state index contributed by atoms with van der Waals surface area (Å²) in [6.07, 6.45) is 0.778. The molecule has 8 nitrogen and oxygen atoms in total. The standard InChI is InChI=1S/C20H25N3O5S/c1-20(2,3)28-19(27)22-10-8-13(9-11-22)23-17(26)14-6-4-5-7-15(14)21-18(23)29-12-16(24)25/h4-7,13H,8-12H2,1-3H3,(H,24,25). The number of carbonyl (C=O) groups excluding carboxylic acids is 1. The third kappa shape index (κ3) is 5.09.